The van der Waals surface area contributed by atoms with E-state index in [1.807, 2.05) is 0 Å². The molecule has 2 aromatic heterocycles. The van der Waals surface area contributed by atoms with Crippen molar-refractivity contribution in [2.45, 2.75) is 109 Å². The van der Waals surface area contributed by atoms with Gasteiger partial charge in [0.05, 0.1) is 29.1 Å². The summed E-state index contributed by atoms with van der Waals surface area (Å²) in [6.45, 7) is 9.78. The molecule has 304 valence electrons. The van der Waals surface area contributed by atoms with Gasteiger partial charge in [0.25, 0.3) is 0 Å². The van der Waals surface area contributed by atoms with Gasteiger partial charge in [-0.05, 0) is 56.9 Å². The fraction of sp³-hybridized carbons (Fsp3) is 0.585. The van der Waals surface area contributed by atoms with Crippen molar-refractivity contribution in [2.24, 2.45) is 35.0 Å². The number of rotatable bonds is 9. The first-order valence-electron chi connectivity index (χ1n) is 19.1. The summed E-state index contributed by atoms with van der Waals surface area (Å²) < 4.78 is 44.2. The van der Waals surface area contributed by atoms with Gasteiger partial charge in [0.15, 0.2) is 23.6 Å². The molecule has 13 atom stereocenters. The minimum atomic E-state index is -1.96. The number of carbonyl (C=O) groups excluding carboxylic acids is 7. The van der Waals surface area contributed by atoms with Gasteiger partial charge in [-0.2, -0.15) is 0 Å². The molecule has 4 saturated carbocycles. The SMILES string of the molecule is CCC(=O)O[C@@H]1[C@H]2[C@H](OC(C)=O)[C@@]34CO[C@@](C)([C@@H](OC(=O)c5cccnc5)[C@@]2(OC(C)=O)C[C@@H]1C)[C@@H]3[C@H]1[C@@H](C[C@]1(C)OC(C)=O)[C@H](OC(=O)c1cccnc1)C4=O. The summed E-state index contributed by atoms with van der Waals surface area (Å²) in [5.74, 6) is -9.98. The molecule has 0 radical (unpaired) electrons. The molecule has 1 aliphatic heterocycles. The number of pyridine rings is 2. The fourth-order valence-corrected chi connectivity index (χ4v) is 11.1. The van der Waals surface area contributed by atoms with Gasteiger partial charge in [-0.25, -0.2) is 9.59 Å². The molecule has 7 rings (SSSR count). The molecule has 5 aliphatic rings. The van der Waals surface area contributed by atoms with Crippen molar-refractivity contribution in [3.63, 3.8) is 0 Å². The Morgan fingerprint density at radius 2 is 1.42 bits per heavy atom. The zero-order chi connectivity index (χ0) is 41.2. The second-order valence-electron chi connectivity index (χ2n) is 16.3. The van der Waals surface area contributed by atoms with Gasteiger partial charge in [0.2, 0.25) is 0 Å². The second-order valence-corrected chi connectivity index (χ2v) is 16.3. The van der Waals surface area contributed by atoms with E-state index in [0.717, 1.165) is 6.92 Å². The van der Waals surface area contributed by atoms with Crippen LogP contribution in [0.25, 0.3) is 0 Å². The lowest BCUT2D eigenvalue weighted by atomic mass is 9.42. The first kappa shape index (κ1) is 40.0. The van der Waals surface area contributed by atoms with Gasteiger partial charge in [-0.15, -0.1) is 0 Å². The number of esters is 6. The molecule has 16 heteroatoms. The lowest BCUT2D eigenvalue weighted by Gasteiger charge is -2.64. The quantitative estimate of drug-likeness (QED) is 0.263. The van der Waals surface area contributed by atoms with Crippen LogP contribution in [-0.2, 0) is 57.1 Å². The Morgan fingerprint density at radius 1 is 0.807 bits per heavy atom. The van der Waals surface area contributed by atoms with E-state index in [9.17, 15) is 28.8 Å². The Morgan fingerprint density at radius 3 is 1.96 bits per heavy atom. The summed E-state index contributed by atoms with van der Waals surface area (Å²) in [5, 5.41) is 0. The van der Waals surface area contributed by atoms with Gasteiger partial charge in [-0.1, -0.05) is 13.8 Å². The predicted octanol–water partition coefficient (Wildman–Crippen LogP) is 3.38. The Balaban J connectivity index is 1.52. The molecule has 0 spiro atoms. The Labute approximate surface area is 328 Å². The van der Waals surface area contributed by atoms with Crippen LogP contribution < -0.4 is 0 Å². The summed E-state index contributed by atoms with van der Waals surface area (Å²) in [4.78, 5) is 105. The number of ether oxygens (including phenoxy) is 7. The zero-order valence-corrected chi connectivity index (χ0v) is 32.8. The summed E-state index contributed by atoms with van der Waals surface area (Å²) in [6.07, 6.45) is -0.318. The van der Waals surface area contributed by atoms with Crippen molar-refractivity contribution in [1.82, 2.24) is 9.97 Å². The van der Waals surface area contributed by atoms with Crippen LogP contribution in [0.4, 0.5) is 0 Å². The van der Waals surface area contributed by atoms with E-state index < -0.39 is 124 Å². The first-order chi connectivity index (χ1) is 26.9. The van der Waals surface area contributed by atoms with Crippen LogP contribution in [0.2, 0.25) is 0 Å². The van der Waals surface area contributed by atoms with Crippen molar-refractivity contribution < 1.29 is 66.7 Å². The standard InChI is InChI=1S/C41H46N2O14/c1-8-27(47)53-30-20(2)15-41(57-23(5)46)29(30)34(52-21(3)44)40-19-51-39(7,37(41)55-36(50)25-12-10-14-43-18-25)32(40)28-26(16-38(28,6)56-22(4)45)31(33(40)48)54-35(49)24-11-9-13-42-17-24/h9-14,17-18,20,26,28-32,34,37H,8,15-16,19H2,1-7H3/t20-,26+,28+,29-,30-,31-,32-,34-,37+,38-,39+,40-,41+/m0/s1. The molecule has 0 aromatic carbocycles. The van der Waals surface area contributed by atoms with Gasteiger partial charge in [-0.3, -0.25) is 33.9 Å². The predicted molar refractivity (Wildman–Crippen MR) is 191 cm³/mol. The molecule has 1 saturated heterocycles. The highest BCUT2D eigenvalue weighted by Gasteiger charge is 2.87. The first-order valence-corrected chi connectivity index (χ1v) is 19.1. The average molecular weight is 791 g/mol. The van der Waals surface area contributed by atoms with Crippen molar-refractivity contribution in [3.05, 3.63) is 60.2 Å². The van der Waals surface area contributed by atoms with E-state index in [1.54, 1.807) is 27.7 Å². The highest BCUT2D eigenvalue weighted by molar-refractivity contribution is 5.97. The monoisotopic (exact) mass is 790 g/mol. The van der Waals surface area contributed by atoms with Crippen molar-refractivity contribution in [1.29, 1.82) is 0 Å². The Kier molecular flexibility index (Phi) is 10.0. The lowest BCUT2D eigenvalue weighted by Crippen LogP contribution is -2.75. The molecule has 2 aromatic rings. The molecule has 16 nitrogen and oxygen atoms in total. The topological polar surface area (TPSA) is 210 Å². The van der Waals surface area contributed by atoms with E-state index in [0.29, 0.717) is 0 Å². The molecule has 57 heavy (non-hydrogen) atoms. The number of hydrogen-bond acceptors (Lipinski definition) is 16. The van der Waals surface area contributed by atoms with Crippen LogP contribution in [0.1, 0.15) is 88.4 Å². The summed E-state index contributed by atoms with van der Waals surface area (Å²) in [5.41, 5.74) is -6.86. The number of carbonyl (C=O) groups is 7. The van der Waals surface area contributed by atoms with Gasteiger partial charge in [0.1, 0.15) is 23.4 Å². The van der Waals surface area contributed by atoms with Crippen molar-refractivity contribution in [3.8, 4) is 0 Å². The van der Waals surface area contributed by atoms with E-state index in [1.165, 1.54) is 62.9 Å². The third-order valence-electron chi connectivity index (χ3n) is 12.8. The second kappa shape index (κ2) is 14.3. The number of hydrogen-bond donors (Lipinski definition) is 0. The maximum Gasteiger partial charge on any atom is 0.340 e. The van der Waals surface area contributed by atoms with Gasteiger partial charge < -0.3 is 33.2 Å². The van der Waals surface area contributed by atoms with Crippen LogP contribution in [0.15, 0.2) is 49.1 Å². The summed E-state index contributed by atoms with van der Waals surface area (Å²) in [6, 6.07) is 6.05. The van der Waals surface area contributed by atoms with E-state index in [4.69, 9.17) is 33.2 Å². The molecule has 2 bridgehead atoms. The molecule has 4 aliphatic carbocycles. The third kappa shape index (κ3) is 6.18. The number of aromatic nitrogens is 2. The third-order valence-corrected chi connectivity index (χ3v) is 12.8. The minimum Gasteiger partial charge on any atom is -0.461 e. The van der Waals surface area contributed by atoms with E-state index in [-0.39, 0.29) is 30.4 Å². The Bertz CT molecular complexity index is 1990. The molecule has 0 amide bonds. The van der Waals surface area contributed by atoms with Crippen LogP contribution in [0.3, 0.4) is 0 Å². The Hall–Kier alpha value is -5.25. The number of ketones is 1. The smallest absolute Gasteiger partial charge is 0.340 e. The maximum absolute atomic E-state index is 15.7. The summed E-state index contributed by atoms with van der Waals surface area (Å²) in [7, 11) is 0. The highest BCUT2D eigenvalue weighted by atomic mass is 16.6. The minimum absolute atomic E-state index is 0.0431. The largest absolute Gasteiger partial charge is 0.461 e. The highest BCUT2D eigenvalue weighted by Crippen LogP contribution is 2.73. The van der Waals surface area contributed by atoms with Crippen LogP contribution in [0, 0.1) is 35.0 Å². The zero-order valence-electron chi connectivity index (χ0n) is 32.8. The van der Waals surface area contributed by atoms with Crippen LogP contribution in [-0.4, -0.2) is 99.4 Å². The van der Waals surface area contributed by atoms with Crippen molar-refractivity contribution in [2.75, 3.05) is 6.61 Å². The molecule has 3 heterocycles. The van der Waals surface area contributed by atoms with Crippen LogP contribution >= 0.6 is 0 Å². The van der Waals surface area contributed by atoms with Crippen molar-refractivity contribution >= 4 is 41.6 Å². The van der Waals surface area contributed by atoms with E-state index >= 15 is 4.79 Å². The average Bonchev–Trinajstić information content (AvgIpc) is 3.59. The van der Waals surface area contributed by atoms with Gasteiger partial charge >= 0.3 is 35.8 Å². The number of Topliss-reactive ketones (excluding diaryl/α,β-unsaturated/α-hetero) is 1. The molecular formula is C41H46N2O14. The molecule has 0 N–H and O–H groups in total. The van der Waals surface area contributed by atoms with Gasteiger partial charge in [0, 0.05) is 69.7 Å². The van der Waals surface area contributed by atoms with Crippen LogP contribution in [0.5, 0.6) is 0 Å². The maximum atomic E-state index is 15.7. The normalized spacial score (nSPS) is 38.4. The lowest BCUT2D eigenvalue weighted by molar-refractivity contribution is -0.256. The number of nitrogens with zero attached hydrogens (tertiary/aromatic N) is 2. The molecule has 0 unspecified atom stereocenters. The molecule has 5 fully saturated rings. The number of fused-ring (bicyclic) bond motifs is 2. The van der Waals surface area contributed by atoms with E-state index in [2.05, 4.69) is 9.97 Å². The summed E-state index contributed by atoms with van der Waals surface area (Å²) >= 11 is 0. The fourth-order valence-electron chi connectivity index (χ4n) is 11.1. The molecular weight excluding hydrogens is 744 g/mol.